The number of hydrogen-bond acceptors (Lipinski definition) is 7. The molecule has 9 heteroatoms. The summed E-state index contributed by atoms with van der Waals surface area (Å²) in [6.07, 6.45) is 0.959. The van der Waals surface area contributed by atoms with Gasteiger partial charge in [-0.2, -0.15) is 0 Å². The number of aliphatic carboxylic acids is 1. The van der Waals surface area contributed by atoms with Crippen molar-refractivity contribution in [3.05, 3.63) is 52.5 Å². The van der Waals surface area contributed by atoms with Gasteiger partial charge in [-0.05, 0) is 45.1 Å². The lowest BCUT2D eigenvalue weighted by molar-refractivity contribution is -0.169. The maximum Gasteiger partial charge on any atom is 0.411 e. The van der Waals surface area contributed by atoms with E-state index in [9.17, 15) is 19.5 Å². The standard InChI is InChI=1S/C25H32N2O6S/c1-16(2)11-25(22(30)33-24(3,4)5)12-18(21(28)29)20(19-13-26-15-34-19)27(25)23(31)32-14-17-9-7-6-8-10-17/h6-10,13,15-16,18,20H,11-12,14H2,1-5H3,(H,28,29)/t18-,20-,25+/m0/s1. The molecule has 34 heavy (non-hydrogen) atoms. The predicted molar refractivity (Wildman–Crippen MR) is 127 cm³/mol. The molecule has 0 aliphatic carbocycles. The third-order valence-electron chi connectivity index (χ3n) is 5.66. The lowest BCUT2D eigenvalue weighted by atomic mass is 9.83. The van der Waals surface area contributed by atoms with E-state index in [1.807, 2.05) is 44.2 Å². The zero-order valence-corrected chi connectivity index (χ0v) is 21.0. The van der Waals surface area contributed by atoms with Crippen LogP contribution in [0, 0.1) is 11.8 Å². The second kappa shape index (κ2) is 10.1. The maximum atomic E-state index is 13.7. The molecule has 1 amide bonds. The van der Waals surface area contributed by atoms with Crippen molar-refractivity contribution in [3.8, 4) is 0 Å². The molecule has 1 aromatic heterocycles. The first kappa shape index (κ1) is 25.7. The van der Waals surface area contributed by atoms with E-state index in [0.717, 1.165) is 5.56 Å². The fourth-order valence-corrected chi connectivity index (χ4v) is 5.29. The van der Waals surface area contributed by atoms with Gasteiger partial charge < -0.3 is 14.6 Å². The number of carbonyl (C=O) groups excluding carboxylic acids is 2. The normalized spacial score (nSPS) is 22.6. The van der Waals surface area contributed by atoms with Gasteiger partial charge in [0.05, 0.1) is 17.5 Å². The van der Waals surface area contributed by atoms with Crippen LogP contribution in [0.15, 0.2) is 42.0 Å². The molecule has 3 rings (SSSR count). The fourth-order valence-electron chi connectivity index (χ4n) is 4.51. The monoisotopic (exact) mass is 488 g/mol. The number of thiazole rings is 1. The van der Waals surface area contributed by atoms with Crippen molar-refractivity contribution in [3.63, 3.8) is 0 Å². The number of amides is 1. The van der Waals surface area contributed by atoms with Gasteiger partial charge in [-0.3, -0.25) is 14.7 Å². The minimum atomic E-state index is -1.49. The third kappa shape index (κ3) is 5.58. The Morgan fingerprint density at radius 2 is 1.91 bits per heavy atom. The Labute approximate surface area is 203 Å². The van der Waals surface area contributed by atoms with E-state index in [2.05, 4.69) is 4.98 Å². The van der Waals surface area contributed by atoms with Crippen molar-refractivity contribution < 1.29 is 29.0 Å². The second-order valence-corrected chi connectivity index (χ2v) is 11.0. The minimum absolute atomic E-state index is 0.00456. The van der Waals surface area contributed by atoms with Crippen LogP contribution < -0.4 is 0 Å². The van der Waals surface area contributed by atoms with Gasteiger partial charge in [-0.15, -0.1) is 11.3 Å². The van der Waals surface area contributed by atoms with Crippen molar-refractivity contribution in [2.24, 2.45) is 11.8 Å². The van der Waals surface area contributed by atoms with Crippen molar-refractivity contribution in [2.45, 2.75) is 71.2 Å². The van der Waals surface area contributed by atoms with E-state index >= 15 is 0 Å². The Bertz CT molecular complexity index is 1000. The minimum Gasteiger partial charge on any atom is -0.481 e. The Balaban J connectivity index is 2.10. The van der Waals surface area contributed by atoms with Crippen molar-refractivity contribution in [1.82, 2.24) is 9.88 Å². The van der Waals surface area contributed by atoms with Gasteiger partial charge in [-0.1, -0.05) is 44.2 Å². The van der Waals surface area contributed by atoms with Gasteiger partial charge in [0.1, 0.15) is 17.7 Å². The van der Waals surface area contributed by atoms with Crippen LogP contribution in [0.3, 0.4) is 0 Å². The zero-order chi connectivity index (χ0) is 25.1. The highest BCUT2D eigenvalue weighted by molar-refractivity contribution is 7.09. The molecule has 8 nitrogen and oxygen atoms in total. The smallest absolute Gasteiger partial charge is 0.411 e. The number of likely N-dealkylation sites (tertiary alicyclic amines) is 1. The van der Waals surface area contributed by atoms with Gasteiger partial charge in [0.15, 0.2) is 0 Å². The van der Waals surface area contributed by atoms with Gasteiger partial charge in [0.2, 0.25) is 0 Å². The molecule has 1 fully saturated rings. The SMILES string of the molecule is CC(C)C[C@]1(C(=O)OC(C)(C)C)C[C@H](C(=O)O)[C@@H](c2cncs2)N1C(=O)OCc1ccccc1. The van der Waals surface area contributed by atoms with Crippen LogP contribution in [0.4, 0.5) is 4.79 Å². The van der Waals surface area contributed by atoms with E-state index in [1.54, 1.807) is 32.5 Å². The first-order chi connectivity index (χ1) is 15.9. The van der Waals surface area contributed by atoms with Crippen LogP contribution in [0.2, 0.25) is 0 Å². The van der Waals surface area contributed by atoms with E-state index in [0.29, 0.717) is 4.88 Å². The maximum absolute atomic E-state index is 13.7. The topological polar surface area (TPSA) is 106 Å². The van der Waals surface area contributed by atoms with Crippen LogP contribution in [0.25, 0.3) is 0 Å². The Morgan fingerprint density at radius 1 is 1.24 bits per heavy atom. The molecule has 0 saturated carbocycles. The first-order valence-corrected chi connectivity index (χ1v) is 12.2. The summed E-state index contributed by atoms with van der Waals surface area (Å²) in [6.45, 7) is 9.09. The molecule has 1 aliphatic rings. The number of carboxylic acids is 1. The van der Waals surface area contributed by atoms with Crippen LogP contribution >= 0.6 is 11.3 Å². The molecule has 1 saturated heterocycles. The molecular formula is C25H32N2O6S. The van der Waals surface area contributed by atoms with Crippen LogP contribution in [-0.4, -0.2) is 44.2 Å². The average molecular weight is 489 g/mol. The molecule has 184 valence electrons. The lowest BCUT2D eigenvalue weighted by Gasteiger charge is -2.40. The molecule has 0 unspecified atom stereocenters. The van der Waals surface area contributed by atoms with E-state index in [4.69, 9.17) is 9.47 Å². The molecule has 0 bridgehead atoms. The number of benzene rings is 1. The Kier molecular flexibility index (Phi) is 7.65. The summed E-state index contributed by atoms with van der Waals surface area (Å²) in [5.74, 6) is -2.75. The molecule has 1 aromatic carbocycles. The number of carboxylic acid groups (broad SMARTS) is 1. The molecule has 0 spiro atoms. The number of aromatic nitrogens is 1. The number of hydrogen-bond donors (Lipinski definition) is 1. The molecule has 1 aliphatic heterocycles. The van der Waals surface area contributed by atoms with Crippen LogP contribution in [0.1, 0.15) is 63.9 Å². The van der Waals surface area contributed by atoms with E-state index in [1.165, 1.54) is 16.2 Å². The largest absolute Gasteiger partial charge is 0.481 e. The third-order valence-corrected chi connectivity index (χ3v) is 6.51. The lowest BCUT2D eigenvalue weighted by Crippen LogP contribution is -2.56. The van der Waals surface area contributed by atoms with Gasteiger partial charge in [0.25, 0.3) is 0 Å². The van der Waals surface area contributed by atoms with Crippen LogP contribution in [-0.2, 0) is 25.7 Å². The average Bonchev–Trinajstić information content (AvgIpc) is 3.38. The first-order valence-electron chi connectivity index (χ1n) is 11.3. The summed E-state index contributed by atoms with van der Waals surface area (Å²) >= 11 is 1.25. The number of ether oxygens (including phenoxy) is 2. The molecule has 1 N–H and O–H groups in total. The van der Waals surface area contributed by atoms with Crippen LogP contribution in [0.5, 0.6) is 0 Å². The molecule has 2 heterocycles. The summed E-state index contributed by atoms with van der Waals surface area (Å²) in [5.41, 5.74) is 0.0536. The summed E-state index contributed by atoms with van der Waals surface area (Å²) < 4.78 is 11.4. The Morgan fingerprint density at radius 3 is 2.44 bits per heavy atom. The molecule has 3 atom stereocenters. The molecular weight excluding hydrogens is 456 g/mol. The molecule has 2 aromatic rings. The van der Waals surface area contributed by atoms with Crippen molar-refractivity contribution in [1.29, 1.82) is 0 Å². The number of esters is 1. The quantitative estimate of drug-likeness (QED) is 0.543. The van der Waals surface area contributed by atoms with Gasteiger partial charge >= 0.3 is 18.0 Å². The van der Waals surface area contributed by atoms with Gasteiger partial charge in [-0.25, -0.2) is 9.59 Å². The number of rotatable bonds is 7. The highest BCUT2D eigenvalue weighted by Gasteiger charge is 2.62. The highest BCUT2D eigenvalue weighted by Crippen LogP contribution is 2.51. The Hall–Kier alpha value is -2.94. The summed E-state index contributed by atoms with van der Waals surface area (Å²) in [4.78, 5) is 45.7. The number of carbonyl (C=O) groups is 3. The fraction of sp³-hybridized carbons (Fsp3) is 0.520. The summed E-state index contributed by atoms with van der Waals surface area (Å²) in [6, 6.07) is 8.28. The molecule has 0 radical (unpaired) electrons. The highest BCUT2D eigenvalue weighted by atomic mass is 32.1. The predicted octanol–water partition coefficient (Wildman–Crippen LogP) is 5.05. The van der Waals surface area contributed by atoms with E-state index < -0.39 is 41.1 Å². The zero-order valence-electron chi connectivity index (χ0n) is 20.2. The summed E-state index contributed by atoms with van der Waals surface area (Å²) in [5, 5.41) is 10.1. The van der Waals surface area contributed by atoms with Crippen molar-refractivity contribution >= 4 is 29.4 Å². The van der Waals surface area contributed by atoms with E-state index in [-0.39, 0.29) is 25.4 Å². The number of nitrogens with zero attached hydrogens (tertiary/aromatic N) is 2. The second-order valence-electron chi connectivity index (χ2n) is 10.0. The summed E-state index contributed by atoms with van der Waals surface area (Å²) in [7, 11) is 0. The van der Waals surface area contributed by atoms with Gasteiger partial charge in [0, 0.05) is 11.1 Å². The van der Waals surface area contributed by atoms with Crippen molar-refractivity contribution in [2.75, 3.05) is 0 Å².